The number of pyridine rings is 1. The van der Waals surface area contributed by atoms with Gasteiger partial charge in [-0.15, -0.1) is 6.42 Å². The molecule has 248 valence electrons. The number of terminal acetylenes is 1. The van der Waals surface area contributed by atoms with Gasteiger partial charge in [-0.3, -0.25) is 4.98 Å². The number of phenols is 1. The van der Waals surface area contributed by atoms with Gasteiger partial charge in [0.25, 0.3) is 0 Å². The van der Waals surface area contributed by atoms with Crippen molar-refractivity contribution < 1.29 is 14.2 Å². The first-order valence-corrected chi connectivity index (χ1v) is 17.4. The number of aryl methyl sites for hydroxylation is 1. The van der Waals surface area contributed by atoms with Crippen molar-refractivity contribution in [3.8, 4) is 35.4 Å². The van der Waals surface area contributed by atoms with Crippen molar-refractivity contribution in [2.24, 2.45) is 23.2 Å². The molecular weight excluding hydrogens is 587 g/mol. The first-order valence-electron chi connectivity index (χ1n) is 17.4. The van der Waals surface area contributed by atoms with Crippen LogP contribution in [0.3, 0.4) is 0 Å². The first kappa shape index (κ1) is 34.3. The predicted octanol–water partition coefficient (Wildman–Crippen LogP) is 10.2. The minimum Gasteiger partial charge on any atom is -0.508 e. The second kappa shape index (κ2) is 14.8. The lowest BCUT2D eigenvalue weighted by molar-refractivity contribution is 0.0293. The van der Waals surface area contributed by atoms with Crippen LogP contribution >= 0.6 is 0 Å². The number of nitrogens with one attached hydrogen (secondary N) is 1. The van der Waals surface area contributed by atoms with Crippen LogP contribution in [-0.4, -0.2) is 32.4 Å². The highest BCUT2D eigenvalue weighted by molar-refractivity contribution is 6.02. The number of fused-ring (bicyclic) bond motifs is 2. The minimum absolute atomic E-state index is 0.00448. The van der Waals surface area contributed by atoms with Gasteiger partial charge < -0.3 is 15.3 Å². The summed E-state index contributed by atoms with van der Waals surface area (Å²) in [4.78, 5) is 13.5. The monoisotopic (exact) mass is 636 g/mol. The van der Waals surface area contributed by atoms with Crippen molar-refractivity contribution in [2.75, 3.05) is 6.61 Å². The molecule has 0 aliphatic heterocycles. The molecule has 0 radical (unpaired) electrons. The number of hydrogen-bond acceptors (Lipinski definition) is 6. The summed E-state index contributed by atoms with van der Waals surface area (Å²) in [5, 5.41) is 19.8. The Bertz CT molecular complexity index is 1800. The lowest BCUT2D eigenvalue weighted by atomic mass is 9.65. The number of halogens is 1. The number of aromatic hydroxyl groups is 1. The van der Waals surface area contributed by atoms with Crippen LogP contribution in [0.2, 0.25) is 0 Å². The maximum Gasteiger partial charge on any atom is 0.317 e. The molecule has 7 heteroatoms. The van der Waals surface area contributed by atoms with E-state index < -0.39 is 5.82 Å². The molecule has 0 amide bonds. The van der Waals surface area contributed by atoms with Crippen LogP contribution in [-0.2, 0) is 0 Å². The zero-order valence-electron chi connectivity index (χ0n) is 28.6. The van der Waals surface area contributed by atoms with Crippen LogP contribution in [0.15, 0.2) is 36.5 Å². The Balaban J connectivity index is 0.000000417. The van der Waals surface area contributed by atoms with Gasteiger partial charge in [-0.2, -0.15) is 9.97 Å². The second-order valence-corrected chi connectivity index (χ2v) is 13.8. The lowest BCUT2D eigenvalue weighted by Crippen LogP contribution is -2.38. The molecule has 2 aliphatic rings. The van der Waals surface area contributed by atoms with Gasteiger partial charge in [0.15, 0.2) is 5.82 Å². The van der Waals surface area contributed by atoms with Crippen LogP contribution in [0.4, 0.5) is 4.39 Å². The van der Waals surface area contributed by atoms with E-state index in [2.05, 4.69) is 48.6 Å². The zero-order valence-corrected chi connectivity index (χ0v) is 28.6. The molecule has 2 N–H and O–H groups in total. The quantitative estimate of drug-likeness (QED) is 0.133. The van der Waals surface area contributed by atoms with Gasteiger partial charge in [0.1, 0.15) is 17.0 Å². The van der Waals surface area contributed by atoms with Crippen LogP contribution < -0.4 is 4.74 Å². The summed E-state index contributed by atoms with van der Waals surface area (Å²) in [6, 6.07) is 8.72. The second-order valence-electron chi connectivity index (χ2n) is 13.8. The average molecular weight is 637 g/mol. The summed E-state index contributed by atoms with van der Waals surface area (Å²) in [6.45, 7) is 11.3. The number of unbranched alkanes of at least 4 members (excludes halogenated alkanes) is 1. The Morgan fingerprint density at radius 1 is 1.17 bits per heavy atom. The molecule has 0 bridgehead atoms. The molecule has 2 saturated carbocycles. The average Bonchev–Trinajstić information content (AvgIpc) is 3.80. The molecule has 4 unspecified atom stereocenters. The van der Waals surface area contributed by atoms with E-state index in [9.17, 15) is 5.11 Å². The van der Waals surface area contributed by atoms with E-state index in [-0.39, 0.29) is 28.4 Å². The Hall–Kier alpha value is -4.05. The third-order valence-corrected chi connectivity index (χ3v) is 10.4. The maximum atomic E-state index is 16.2. The highest BCUT2D eigenvalue weighted by Crippen LogP contribution is 2.45. The fraction of sp³-hybridized carbons (Fsp3) is 0.500. The number of rotatable bonds is 10. The van der Waals surface area contributed by atoms with Gasteiger partial charge >= 0.3 is 6.01 Å². The summed E-state index contributed by atoms with van der Waals surface area (Å²) < 4.78 is 22.4. The third kappa shape index (κ3) is 7.43. The summed E-state index contributed by atoms with van der Waals surface area (Å²) in [5.74, 6) is 4.13. The van der Waals surface area contributed by atoms with E-state index in [4.69, 9.17) is 16.6 Å². The fourth-order valence-corrected chi connectivity index (χ4v) is 7.28. The summed E-state index contributed by atoms with van der Waals surface area (Å²) >= 11 is 0. The van der Waals surface area contributed by atoms with Crippen molar-refractivity contribution in [3.63, 3.8) is 0 Å². The Morgan fingerprint density at radius 2 is 1.96 bits per heavy atom. The Labute approximate surface area is 279 Å². The summed E-state index contributed by atoms with van der Waals surface area (Å²) in [7, 11) is 0. The SMILES string of the molecule is C#Cc1cccc2cc(O)cc(-c3ncc4c(C)nc(OCC5(CCCC)CCCCC5C)nc4c3F)c12.CCCC(=N)C1CC1C. The predicted molar refractivity (Wildman–Crippen MR) is 190 cm³/mol. The molecule has 2 fully saturated rings. The smallest absolute Gasteiger partial charge is 0.317 e. The van der Waals surface area contributed by atoms with Crippen molar-refractivity contribution in [3.05, 3.63) is 53.6 Å². The molecule has 2 aliphatic carbocycles. The fourth-order valence-electron chi connectivity index (χ4n) is 7.28. The largest absolute Gasteiger partial charge is 0.508 e. The van der Waals surface area contributed by atoms with Gasteiger partial charge in [-0.25, -0.2) is 4.39 Å². The summed E-state index contributed by atoms with van der Waals surface area (Å²) in [6.07, 6.45) is 19.0. The van der Waals surface area contributed by atoms with E-state index in [1.165, 1.54) is 31.7 Å². The van der Waals surface area contributed by atoms with Crippen molar-refractivity contribution >= 4 is 27.4 Å². The number of benzene rings is 2. The van der Waals surface area contributed by atoms with Crippen molar-refractivity contribution in [2.45, 2.75) is 98.8 Å². The Kier molecular flexibility index (Phi) is 10.8. The standard InChI is InChI=1S/C32H34FN3O2.C8H15N/c1-5-7-14-32(15-9-8-11-20(32)3)19-38-31-35-21(4)26-18-34-29(28(33)30(26)36-31)25-17-24(37)16-23-13-10-12-22(6-2)27(23)25;1-3-4-8(9)7-5-6(7)2/h2,10,12-13,16-18,20,37H,5,7-9,11,14-15,19H2,1,3-4H3;6-7,9H,3-5H2,1-2H3. The molecule has 0 spiro atoms. The zero-order chi connectivity index (χ0) is 33.7. The van der Waals surface area contributed by atoms with Gasteiger partial charge in [0.05, 0.1) is 12.3 Å². The molecule has 4 atom stereocenters. The van der Waals surface area contributed by atoms with Crippen LogP contribution in [0.1, 0.15) is 103 Å². The van der Waals surface area contributed by atoms with E-state index in [0.717, 1.165) is 50.2 Å². The molecular formula is C40H49FN4O2. The molecule has 6 nitrogen and oxygen atoms in total. The van der Waals surface area contributed by atoms with Gasteiger partial charge in [0, 0.05) is 39.2 Å². The maximum absolute atomic E-state index is 16.2. The molecule has 47 heavy (non-hydrogen) atoms. The topological polar surface area (TPSA) is 92.0 Å². The van der Waals surface area contributed by atoms with Gasteiger partial charge in [0.2, 0.25) is 0 Å². The first-order chi connectivity index (χ1) is 22.6. The van der Waals surface area contributed by atoms with Gasteiger partial charge in [-0.05, 0) is 73.9 Å². The molecule has 2 aromatic heterocycles. The number of aromatic nitrogens is 3. The van der Waals surface area contributed by atoms with E-state index >= 15 is 4.39 Å². The van der Waals surface area contributed by atoms with Crippen LogP contribution in [0.25, 0.3) is 32.9 Å². The molecule has 4 aromatic rings. The normalized spacial score (nSPS) is 21.9. The minimum atomic E-state index is -0.594. The Morgan fingerprint density at radius 3 is 2.64 bits per heavy atom. The lowest BCUT2D eigenvalue weighted by Gasteiger charge is -2.42. The van der Waals surface area contributed by atoms with Gasteiger partial charge in [-0.1, -0.05) is 84.3 Å². The highest BCUT2D eigenvalue weighted by atomic mass is 19.1. The number of hydrogen-bond donors (Lipinski definition) is 2. The molecule has 2 aromatic carbocycles. The van der Waals surface area contributed by atoms with E-state index in [0.29, 0.717) is 51.4 Å². The highest BCUT2D eigenvalue weighted by Gasteiger charge is 2.39. The van der Waals surface area contributed by atoms with E-state index in [1.54, 1.807) is 18.3 Å². The number of nitrogens with zero attached hydrogens (tertiary/aromatic N) is 3. The molecule has 0 saturated heterocycles. The number of ether oxygens (including phenoxy) is 1. The van der Waals surface area contributed by atoms with Crippen molar-refractivity contribution in [1.29, 1.82) is 5.41 Å². The van der Waals surface area contributed by atoms with Crippen LogP contribution in [0.5, 0.6) is 11.8 Å². The molecule has 6 rings (SSSR count). The van der Waals surface area contributed by atoms with Crippen LogP contribution in [0, 0.1) is 53.7 Å². The van der Waals surface area contributed by atoms with E-state index in [1.807, 2.05) is 19.1 Å². The molecule has 2 heterocycles. The third-order valence-electron chi connectivity index (χ3n) is 10.4. The summed E-state index contributed by atoms with van der Waals surface area (Å²) in [5.41, 5.74) is 2.92. The van der Waals surface area contributed by atoms with Crippen molar-refractivity contribution in [1.82, 2.24) is 15.0 Å². The number of phenolic OH excluding ortho intramolecular Hbond substituents is 1.